The average Bonchev–Trinajstić information content (AvgIpc) is 2.42. The zero-order valence-electron chi connectivity index (χ0n) is 10.8. The van der Waals surface area contributed by atoms with E-state index in [0.717, 1.165) is 35.8 Å². The Kier molecular flexibility index (Phi) is 6.01. The first-order valence-electron chi connectivity index (χ1n) is 6.96. The molecule has 1 aromatic carbocycles. The van der Waals surface area contributed by atoms with Gasteiger partial charge in [-0.05, 0) is 50.1 Å². The molecule has 0 amide bonds. The lowest BCUT2D eigenvalue weighted by molar-refractivity contribution is 0.297. The second-order valence-corrected chi connectivity index (χ2v) is 5.86. The van der Waals surface area contributed by atoms with Crippen molar-refractivity contribution in [2.45, 2.75) is 44.6 Å². The second-order valence-electron chi connectivity index (χ2n) is 4.94. The molecule has 0 radical (unpaired) electrons. The van der Waals surface area contributed by atoms with Crippen LogP contribution in [-0.4, -0.2) is 19.2 Å². The quantitative estimate of drug-likeness (QED) is 0.797. The van der Waals surface area contributed by atoms with E-state index in [1.54, 1.807) is 0 Å². The fraction of sp³-hybridized carbons (Fsp3) is 0.600. The predicted octanol–water partition coefficient (Wildman–Crippen LogP) is 4.14. The minimum absolute atomic E-state index is 0.756. The van der Waals surface area contributed by atoms with Crippen molar-refractivity contribution in [1.29, 1.82) is 0 Å². The van der Waals surface area contributed by atoms with Crippen LogP contribution in [-0.2, 0) is 0 Å². The number of nitrogens with one attached hydrogen (secondary N) is 1. The first-order valence-corrected chi connectivity index (χ1v) is 7.75. The summed E-state index contributed by atoms with van der Waals surface area (Å²) >= 11 is 3.42. The Morgan fingerprint density at radius 1 is 1.11 bits per heavy atom. The van der Waals surface area contributed by atoms with Crippen LogP contribution in [0.25, 0.3) is 0 Å². The molecule has 1 fully saturated rings. The molecule has 0 unspecified atom stereocenters. The lowest BCUT2D eigenvalue weighted by Gasteiger charge is -2.22. The molecule has 1 aliphatic carbocycles. The van der Waals surface area contributed by atoms with Crippen LogP contribution in [0.5, 0.6) is 5.75 Å². The van der Waals surface area contributed by atoms with Gasteiger partial charge in [0.05, 0.1) is 6.61 Å². The summed E-state index contributed by atoms with van der Waals surface area (Å²) in [6.07, 6.45) is 8.00. The third kappa shape index (κ3) is 4.99. The van der Waals surface area contributed by atoms with E-state index >= 15 is 0 Å². The van der Waals surface area contributed by atoms with Crippen molar-refractivity contribution in [3.05, 3.63) is 28.7 Å². The standard InChI is InChI=1S/C15H22BrNO/c16-13-7-9-15(10-8-13)18-12-4-11-17-14-5-2-1-3-6-14/h7-10,14,17H,1-6,11-12H2. The Hall–Kier alpha value is -0.540. The Labute approximate surface area is 118 Å². The number of halogens is 1. The number of benzene rings is 1. The highest BCUT2D eigenvalue weighted by molar-refractivity contribution is 9.10. The molecular weight excluding hydrogens is 290 g/mol. The van der Waals surface area contributed by atoms with Crippen LogP contribution < -0.4 is 10.1 Å². The van der Waals surface area contributed by atoms with E-state index in [4.69, 9.17) is 4.74 Å². The summed E-state index contributed by atoms with van der Waals surface area (Å²) in [4.78, 5) is 0. The van der Waals surface area contributed by atoms with E-state index in [9.17, 15) is 0 Å². The van der Waals surface area contributed by atoms with Crippen molar-refractivity contribution in [1.82, 2.24) is 5.32 Å². The lowest BCUT2D eigenvalue weighted by atomic mass is 9.95. The number of ether oxygens (including phenoxy) is 1. The highest BCUT2D eigenvalue weighted by Gasteiger charge is 2.11. The van der Waals surface area contributed by atoms with Crippen molar-refractivity contribution in [3.8, 4) is 5.75 Å². The fourth-order valence-electron chi connectivity index (χ4n) is 2.41. The van der Waals surface area contributed by atoms with Crippen molar-refractivity contribution >= 4 is 15.9 Å². The third-order valence-corrected chi connectivity index (χ3v) is 3.97. The van der Waals surface area contributed by atoms with Gasteiger partial charge in [-0.25, -0.2) is 0 Å². The molecule has 18 heavy (non-hydrogen) atoms. The highest BCUT2D eigenvalue weighted by Crippen LogP contribution is 2.17. The molecule has 0 bridgehead atoms. The van der Waals surface area contributed by atoms with Crippen molar-refractivity contribution in [3.63, 3.8) is 0 Å². The summed E-state index contributed by atoms with van der Waals surface area (Å²) in [5, 5.41) is 3.63. The molecule has 2 rings (SSSR count). The molecular formula is C15H22BrNO. The summed E-state index contributed by atoms with van der Waals surface area (Å²) in [6.45, 7) is 1.86. The maximum atomic E-state index is 5.69. The van der Waals surface area contributed by atoms with Crippen LogP contribution in [0.15, 0.2) is 28.7 Å². The van der Waals surface area contributed by atoms with E-state index in [1.165, 1.54) is 32.1 Å². The second kappa shape index (κ2) is 7.80. The largest absolute Gasteiger partial charge is 0.494 e. The zero-order valence-corrected chi connectivity index (χ0v) is 12.4. The molecule has 1 saturated carbocycles. The van der Waals surface area contributed by atoms with Gasteiger partial charge in [0.25, 0.3) is 0 Å². The van der Waals surface area contributed by atoms with Crippen LogP contribution in [0.2, 0.25) is 0 Å². The van der Waals surface area contributed by atoms with Gasteiger partial charge in [-0.2, -0.15) is 0 Å². The smallest absolute Gasteiger partial charge is 0.119 e. The predicted molar refractivity (Wildman–Crippen MR) is 79.1 cm³/mol. The van der Waals surface area contributed by atoms with Gasteiger partial charge < -0.3 is 10.1 Å². The Morgan fingerprint density at radius 2 is 1.83 bits per heavy atom. The minimum Gasteiger partial charge on any atom is -0.494 e. The van der Waals surface area contributed by atoms with Gasteiger partial charge in [0, 0.05) is 10.5 Å². The van der Waals surface area contributed by atoms with Crippen molar-refractivity contribution in [2.75, 3.05) is 13.2 Å². The fourth-order valence-corrected chi connectivity index (χ4v) is 2.67. The first kappa shape index (κ1) is 13.9. The van der Waals surface area contributed by atoms with Gasteiger partial charge >= 0.3 is 0 Å². The number of rotatable bonds is 6. The monoisotopic (exact) mass is 311 g/mol. The van der Waals surface area contributed by atoms with E-state index in [-0.39, 0.29) is 0 Å². The normalized spacial score (nSPS) is 16.7. The Bertz CT molecular complexity index is 333. The zero-order chi connectivity index (χ0) is 12.6. The Morgan fingerprint density at radius 3 is 2.56 bits per heavy atom. The van der Waals surface area contributed by atoms with Gasteiger partial charge in [-0.1, -0.05) is 35.2 Å². The van der Waals surface area contributed by atoms with Gasteiger partial charge in [-0.3, -0.25) is 0 Å². The van der Waals surface area contributed by atoms with Crippen LogP contribution in [0, 0.1) is 0 Å². The van der Waals surface area contributed by atoms with Gasteiger partial charge in [0.2, 0.25) is 0 Å². The average molecular weight is 312 g/mol. The van der Waals surface area contributed by atoms with E-state index in [0.29, 0.717) is 0 Å². The van der Waals surface area contributed by atoms with Crippen LogP contribution in [0.4, 0.5) is 0 Å². The summed E-state index contributed by atoms with van der Waals surface area (Å²) in [7, 11) is 0. The molecule has 1 N–H and O–H groups in total. The molecule has 0 aliphatic heterocycles. The maximum absolute atomic E-state index is 5.69. The molecule has 0 heterocycles. The topological polar surface area (TPSA) is 21.3 Å². The van der Waals surface area contributed by atoms with Gasteiger partial charge in [0.15, 0.2) is 0 Å². The van der Waals surface area contributed by atoms with Crippen molar-refractivity contribution < 1.29 is 4.74 Å². The highest BCUT2D eigenvalue weighted by atomic mass is 79.9. The van der Waals surface area contributed by atoms with Gasteiger partial charge in [0.1, 0.15) is 5.75 Å². The SMILES string of the molecule is Brc1ccc(OCCCNC2CCCCC2)cc1. The summed E-state index contributed by atoms with van der Waals surface area (Å²) in [5.74, 6) is 0.955. The third-order valence-electron chi connectivity index (χ3n) is 3.44. The molecule has 1 aromatic rings. The Balaban J connectivity index is 1.54. The van der Waals surface area contributed by atoms with Crippen LogP contribution >= 0.6 is 15.9 Å². The van der Waals surface area contributed by atoms with Crippen LogP contribution in [0.3, 0.4) is 0 Å². The number of hydrogen-bond acceptors (Lipinski definition) is 2. The molecule has 3 heteroatoms. The van der Waals surface area contributed by atoms with Gasteiger partial charge in [-0.15, -0.1) is 0 Å². The minimum atomic E-state index is 0.756. The number of hydrogen-bond donors (Lipinski definition) is 1. The van der Waals surface area contributed by atoms with E-state index < -0.39 is 0 Å². The summed E-state index contributed by atoms with van der Waals surface area (Å²) < 4.78 is 6.78. The summed E-state index contributed by atoms with van der Waals surface area (Å²) in [6, 6.07) is 8.77. The maximum Gasteiger partial charge on any atom is 0.119 e. The molecule has 2 nitrogen and oxygen atoms in total. The molecule has 0 saturated heterocycles. The summed E-state index contributed by atoms with van der Waals surface area (Å²) in [5.41, 5.74) is 0. The molecule has 0 atom stereocenters. The van der Waals surface area contributed by atoms with E-state index in [2.05, 4.69) is 21.2 Å². The van der Waals surface area contributed by atoms with Crippen molar-refractivity contribution in [2.24, 2.45) is 0 Å². The lowest BCUT2D eigenvalue weighted by Crippen LogP contribution is -2.32. The molecule has 0 aromatic heterocycles. The van der Waals surface area contributed by atoms with E-state index in [1.807, 2.05) is 24.3 Å². The molecule has 1 aliphatic rings. The van der Waals surface area contributed by atoms with Crippen LogP contribution in [0.1, 0.15) is 38.5 Å². The first-order chi connectivity index (χ1) is 8.84. The molecule has 100 valence electrons. The molecule has 0 spiro atoms.